The van der Waals surface area contributed by atoms with Crippen molar-refractivity contribution < 1.29 is 4.74 Å². The highest BCUT2D eigenvalue weighted by molar-refractivity contribution is 4.98. The van der Waals surface area contributed by atoms with Crippen molar-refractivity contribution >= 4 is 0 Å². The number of ether oxygens (including phenoxy) is 1. The third kappa shape index (κ3) is 0.956. The zero-order valence-corrected chi connectivity index (χ0v) is 6.47. The van der Waals surface area contributed by atoms with E-state index in [0.717, 1.165) is 19.6 Å². The first-order chi connectivity index (χ1) is 4.81. The van der Waals surface area contributed by atoms with E-state index in [1.807, 2.05) is 0 Å². The van der Waals surface area contributed by atoms with E-state index in [1.165, 1.54) is 13.0 Å². The molecule has 0 aromatic rings. The average molecular weight is 140 g/mol. The molecule has 57 valence electrons. The molecular formula is C8H14NO. The molecule has 0 aromatic carbocycles. The molecule has 0 aliphatic carbocycles. The Labute approximate surface area is 62.2 Å². The third-order valence-electron chi connectivity index (χ3n) is 2.53. The highest BCUT2D eigenvalue weighted by Crippen LogP contribution is 2.33. The van der Waals surface area contributed by atoms with E-state index >= 15 is 0 Å². The molecule has 2 fully saturated rings. The zero-order chi connectivity index (χ0) is 7.03. The Morgan fingerprint density at radius 2 is 2.50 bits per heavy atom. The lowest BCUT2D eigenvalue weighted by Gasteiger charge is -2.21. The molecule has 2 aliphatic heterocycles. The van der Waals surface area contributed by atoms with Crippen molar-refractivity contribution in [1.82, 2.24) is 4.90 Å². The number of hydrogen-bond acceptors (Lipinski definition) is 2. The van der Waals surface area contributed by atoms with Crippen LogP contribution in [0.4, 0.5) is 0 Å². The quantitative estimate of drug-likeness (QED) is 0.490. The van der Waals surface area contributed by atoms with Gasteiger partial charge in [-0.15, -0.1) is 0 Å². The van der Waals surface area contributed by atoms with Gasteiger partial charge in [0.2, 0.25) is 0 Å². The van der Waals surface area contributed by atoms with Gasteiger partial charge in [0.1, 0.15) is 0 Å². The lowest BCUT2D eigenvalue weighted by molar-refractivity contribution is 0.0153. The zero-order valence-electron chi connectivity index (χ0n) is 6.47. The first kappa shape index (κ1) is 6.62. The number of nitrogens with zero attached hydrogens (tertiary/aromatic N) is 1. The average Bonchev–Trinajstić information content (AvgIpc) is 2.46. The van der Waals surface area contributed by atoms with E-state index in [1.54, 1.807) is 0 Å². The summed E-state index contributed by atoms with van der Waals surface area (Å²) in [5, 5.41) is 0. The Bertz CT molecular complexity index is 129. The van der Waals surface area contributed by atoms with Crippen LogP contribution in [0.25, 0.3) is 0 Å². The van der Waals surface area contributed by atoms with Crippen LogP contribution in [0.1, 0.15) is 12.8 Å². The van der Waals surface area contributed by atoms with Crippen LogP contribution in [-0.2, 0) is 4.74 Å². The van der Waals surface area contributed by atoms with Gasteiger partial charge in [0.25, 0.3) is 0 Å². The van der Waals surface area contributed by atoms with E-state index in [2.05, 4.69) is 18.4 Å². The molecule has 10 heavy (non-hydrogen) atoms. The summed E-state index contributed by atoms with van der Waals surface area (Å²) in [7, 11) is 2.16. The van der Waals surface area contributed by atoms with Crippen molar-refractivity contribution in [3.05, 3.63) is 6.42 Å². The first-order valence-electron chi connectivity index (χ1n) is 3.95. The number of likely N-dealkylation sites (tertiary alicyclic amines) is 1. The van der Waals surface area contributed by atoms with E-state index in [4.69, 9.17) is 4.74 Å². The molecule has 2 saturated heterocycles. The maximum Gasteiger partial charge on any atom is 0.0824 e. The molecule has 0 aromatic heterocycles. The summed E-state index contributed by atoms with van der Waals surface area (Å²) in [5.41, 5.74) is 0.231. The van der Waals surface area contributed by atoms with Gasteiger partial charge in [0.15, 0.2) is 0 Å². The van der Waals surface area contributed by atoms with Crippen molar-refractivity contribution in [1.29, 1.82) is 0 Å². The van der Waals surface area contributed by atoms with Gasteiger partial charge < -0.3 is 9.64 Å². The summed E-state index contributed by atoms with van der Waals surface area (Å²) in [6.45, 7) is 3.20. The van der Waals surface area contributed by atoms with Gasteiger partial charge in [-0.3, -0.25) is 0 Å². The summed E-state index contributed by atoms with van der Waals surface area (Å²) < 4.78 is 5.67. The van der Waals surface area contributed by atoms with Gasteiger partial charge in [0, 0.05) is 13.1 Å². The summed E-state index contributed by atoms with van der Waals surface area (Å²) in [6, 6.07) is 0. The molecule has 1 spiro atoms. The lowest BCUT2D eigenvalue weighted by Crippen LogP contribution is -2.30. The largest absolute Gasteiger partial charge is 0.373 e. The van der Waals surface area contributed by atoms with Crippen molar-refractivity contribution in [2.45, 2.75) is 18.4 Å². The Morgan fingerprint density at radius 1 is 1.60 bits per heavy atom. The Hall–Kier alpha value is -0.0800. The molecule has 1 atom stereocenters. The normalized spacial score (nSPS) is 41.7. The molecule has 2 heterocycles. The molecule has 0 amide bonds. The van der Waals surface area contributed by atoms with Crippen molar-refractivity contribution in [2.24, 2.45) is 0 Å². The maximum atomic E-state index is 5.67. The second kappa shape index (κ2) is 2.21. The van der Waals surface area contributed by atoms with Gasteiger partial charge in [0.05, 0.1) is 12.2 Å². The SMILES string of the molecule is CN1CC[C@]2(C[CH]CO2)C1. The Kier molecular flexibility index (Phi) is 1.46. The Balaban J connectivity index is 2.03. The number of hydrogen-bond donors (Lipinski definition) is 0. The van der Waals surface area contributed by atoms with Crippen molar-refractivity contribution in [3.63, 3.8) is 0 Å². The van der Waals surface area contributed by atoms with Gasteiger partial charge >= 0.3 is 0 Å². The van der Waals surface area contributed by atoms with Crippen LogP contribution in [-0.4, -0.2) is 37.2 Å². The topological polar surface area (TPSA) is 12.5 Å². The molecule has 2 heteroatoms. The first-order valence-corrected chi connectivity index (χ1v) is 3.95. The van der Waals surface area contributed by atoms with Crippen LogP contribution in [0, 0.1) is 6.42 Å². The maximum absolute atomic E-state index is 5.67. The highest BCUT2D eigenvalue weighted by Gasteiger charge is 2.40. The predicted octanol–water partition coefficient (Wildman–Crippen LogP) is 0.685. The van der Waals surface area contributed by atoms with E-state index in [-0.39, 0.29) is 5.60 Å². The minimum atomic E-state index is 0.231. The van der Waals surface area contributed by atoms with Gasteiger partial charge in [-0.25, -0.2) is 0 Å². The van der Waals surface area contributed by atoms with Crippen molar-refractivity contribution in [3.8, 4) is 0 Å². The summed E-state index contributed by atoms with van der Waals surface area (Å²) in [4.78, 5) is 2.35. The van der Waals surface area contributed by atoms with Crippen LogP contribution in [0.2, 0.25) is 0 Å². The van der Waals surface area contributed by atoms with Gasteiger partial charge in [-0.1, -0.05) is 0 Å². The monoisotopic (exact) mass is 140 g/mol. The predicted molar refractivity (Wildman–Crippen MR) is 39.7 cm³/mol. The van der Waals surface area contributed by atoms with Crippen LogP contribution in [0.15, 0.2) is 0 Å². The fraction of sp³-hybridized carbons (Fsp3) is 0.875. The number of rotatable bonds is 0. The molecule has 0 bridgehead atoms. The highest BCUT2D eigenvalue weighted by atomic mass is 16.5. The van der Waals surface area contributed by atoms with Crippen LogP contribution >= 0.6 is 0 Å². The minimum Gasteiger partial charge on any atom is -0.373 e. The molecule has 0 unspecified atom stereocenters. The minimum absolute atomic E-state index is 0.231. The molecule has 0 N–H and O–H groups in total. The molecular weight excluding hydrogens is 126 g/mol. The second-order valence-electron chi connectivity index (χ2n) is 3.47. The lowest BCUT2D eigenvalue weighted by atomic mass is 10.00. The number of likely N-dealkylation sites (N-methyl/N-ethyl adjacent to an activating group) is 1. The van der Waals surface area contributed by atoms with Gasteiger partial charge in [-0.05, 0) is 26.3 Å². The van der Waals surface area contributed by atoms with Crippen molar-refractivity contribution in [2.75, 3.05) is 26.7 Å². The Morgan fingerprint density at radius 3 is 3.00 bits per heavy atom. The van der Waals surface area contributed by atoms with Crippen LogP contribution in [0.5, 0.6) is 0 Å². The summed E-state index contributed by atoms with van der Waals surface area (Å²) in [5.74, 6) is 0. The smallest absolute Gasteiger partial charge is 0.0824 e. The molecule has 2 aliphatic rings. The van der Waals surface area contributed by atoms with Crippen LogP contribution in [0.3, 0.4) is 0 Å². The standard InChI is InChI=1S/C8H14NO/c1-9-5-4-8(7-9)3-2-6-10-8/h2H,3-7H2,1H3/t8-/m1/s1. The van der Waals surface area contributed by atoms with E-state index in [9.17, 15) is 0 Å². The fourth-order valence-corrected chi connectivity index (χ4v) is 1.95. The van der Waals surface area contributed by atoms with E-state index in [0.29, 0.717) is 0 Å². The van der Waals surface area contributed by atoms with E-state index < -0.39 is 0 Å². The van der Waals surface area contributed by atoms with Gasteiger partial charge in [-0.2, -0.15) is 0 Å². The molecule has 2 nitrogen and oxygen atoms in total. The fourth-order valence-electron chi connectivity index (χ4n) is 1.95. The van der Waals surface area contributed by atoms with Crippen LogP contribution < -0.4 is 0 Å². The molecule has 0 saturated carbocycles. The summed E-state index contributed by atoms with van der Waals surface area (Å²) >= 11 is 0. The summed E-state index contributed by atoms with van der Waals surface area (Å²) in [6.07, 6.45) is 4.64. The molecule has 1 radical (unpaired) electrons. The third-order valence-corrected chi connectivity index (χ3v) is 2.53. The second-order valence-corrected chi connectivity index (χ2v) is 3.47. The molecule has 2 rings (SSSR count).